The van der Waals surface area contributed by atoms with Crippen LogP contribution < -0.4 is 15.5 Å². The van der Waals surface area contributed by atoms with Crippen LogP contribution in [-0.2, 0) is 15.0 Å². The third-order valence-corrected chi connectivity index (χ3v) is 5.19. The highest BCUT2D eigenvalue weighted by atomic mass is 16.2. The number of hydrogen-bond donors (Lipinski definition) is 2. The van der Waals surface area contributed by atoms with E-state index in [1.165, 1.54) is 5.56 Å². The van der Waals surface area contributed by atoms with Crippen LogP contribution in [0, 0.1) is 0 Å². The molecule has 0 bridgehead atoms. The molecule has 158 valence electrons. The first-order valence-corrected chi connectivity index (χ1v) is 10.3. The first-order valence-electron chi connectivity index (χ1n) is 10.3. The van der Waals surface area contributed by atoms with Crippen molar-refractivity contribution in [3.63, 3.8) is 0 Å². The second-order valence-corrected chi connectivity index (χ2v) is 8.58. The van der Waals surface area contributed by atoms with Crippen molar-refractivity contribution >= 4 is 29.1 Å². The van der Waals surface area contributed by atoms with Crippen LogP contribution in [0.5, 0.6) is 0 Å². The minimum absolute atomic E-state index is 0.0370. The molecule has 2 aromatic carbocycles. The maximum absolute atomic E-state index is 12.3. The van der Waals surface area contributed by atoms with Gasteiger partial charge in [-0.3, -0.25) is 14.4 Å². The van der Waals surface area contributed by atoms with Gasteiger partial charge in [-0.2, -0.15) is 0 Å². The number of hydrogen-bond acceptors (Lipinski definition) is 3. The molecule has 0 aromatic heterocycles. The van der Waals surface area contributed by atoms with Gasteiger partial charge in [-0.25, -0.2) is 0 Å². The molecule has 1 aliphatic rings. The van der Waals surface area contributed by atoms with Gasteiger partial charge in [0.25, 0.3) is 5.91 Å². The van der Waals surface area contributed by atoms with Crippen molar-refractivity contribution in [3.05, 3.63) is 59.7 Å². The van der Waals surface area contributed by atoms with Crippen LogP contribution >= 0.6 is 0 Å². The molecule has 2 N–H and O–H groups in total. The zero-order valence-electron chi connectivity index (χ0n) is 17.8. The van der Waals surface area contributed by atoms with Crippen LogP contribution in [0.3, 0.4) is 0 Å². The standard InChI is InChI=1S/C24H29N3O3/c1-24(2,3)18-8-6-17(7-9-18)23(30)25-15-14-21(28)26-19-10-12-20(13-11-19)27-16-4-5-22(27)29/h6-13H,4-5,14-16H2,1-3H3,(H,25,30)(H,26,28). The summed E-state index contributed by atoms with van der Waals surface area (Å²) in [6.07, 6.45) is 1.65. The lowest BCUT2D eigenvalue weighted by molar-refractivity contribution is -0.117. The highest BCUT2D eigenvalue weighted by molar-refractivity contribution is 5.97. The van der Waals surface area contributed by atoms with E-state index in [9.17, 15) is 14.4 Å². The minimum Gasteiger partial charge on any atom is -0.352 e. The number of anilines is 2. The Morgan fingerprint density at radius 2 is 1.67 bits per heavy atom. The maximum Gasteiger partial charge on any atom is 0.251 e. The Hall–Kier alpha value is -3.15. The lowest BCUT2D eigenvalue weighted by atomic mass is 9.87. The van der Waals surface area contributed by atoms with Gasteiger partial charge in [0.15, 0.2) is 0 Å². The molecule has 2 aromatic rings. The Morgan fingerprint density at radius 1 is 1.00 bits per heavy atom. The molecule has 0 spiro atoms. The summed E-state index contributed by atoms with van der Waals surface area (Å²) in [7, 11) is 0. The van der Waals surface area contributed by atoms with E-state index in [-0.39, 0.29) is 36.1 Å². The van der Waals surface area contributed by atoms with Crippen molar-refractivity contribution in [2.45, 2.75) is 45.4 Å². The molecule has 6 nitrogen and oxygen atoms in total. The third kappa shape index (κ3) is 5.47. The van der Waals surface area contributed by atoms with Gasteiger partial charge < -0.3 is 15.5 Å². The molecule has 0 unspecified atom stereocenters. The first-order chi connectivity index (χ1) is 14.2. The van der Waals surface area contributed by atoms with Crippen molar-refractivity contribution in [3.8, 4) is 0 Å². The van der Waals surface area contributed by atoms with E-state index in [1.807, 2.05) is 36.4 Å². The quantitative estimate of drug-likeness (QED) is 0.763. The molecule has 30 heavy (non-hydrogen) atoms. The number of rotatable bonds is 6. The van der Waals surface area contributed by atoms with E-state index in [0.717, 1.165) is 18.7 Å². The van der Waals surface area contributed by atoms with Gasteiger partial charge in [-0.1, -0.05) is 32.9 Å². The molecular weight excluding hydrogens is 378 g/mol. The van der Waals surface area contributed by atoms with Crippen LogP contribution in [0.15, 0.2) is 48.5 Å². The lowest BCUT2D eigenvalue weighted by Crippen LogP contribution is -2.27. The molecule has 6 heteroatoms. The van der Waals surface area contributed by atoms with Gasteiger partial charge in [0.1, 0.15) is 0 Å². The Morgan fingerprint density at radius 3 is 2.23 bits per heavy atom. The van der Waals surface area contributed by atoms with Crippen LogP contribution in [0.2, 0.25) is 0 Å². The minimum atomic E-state index is -0.192. The Labute approximate surface area is 177 Å². The van der Waals surface area contributed by atoms with Gasteiger partial charge in [-0.15, -0.1) is 0 Å². The van der Waals surface area contributed by atoms with Crippen molar-refractivity contribution < 1.29 is 14.4 Å². The van der Waals surface area contributed by atoms with E-state index in [2.05, 4.69) is 31.4 Å². The summed E-state index contributed by atoms with van der Waals surface area (Å²) in [6.45, 7) is 7.37. The SMILES string of the molecule is CC(C)(C)c1ccc(C(=O)NCCC(=O)Nc2ccc(N3CCCC3=O)cc2)cc1. The van der Waals surface area contributed by atoms with E-state index in [0.29, 0.717) is 17.7 Å². The zero-order valence-corrected chi connectivity index (χ0v) is 17.8. The molecule has 1 aliphatic heterocycles. The summed E-state index contributed by atoms with van der Waals surface area (Å²) in [5.74, 6) is -0.234. The monoisotopic (exact) mass is 407 g/mol. The van der Waals surface area contributed by atoms with E-state index < -0.39 is 0 Å². The number of benzene rings is 2. The highest BCUT2D eigenvalue weighted by Crippen LogP contribution is 2.23. The average Bonchev–Trinajstić information content (AvgIpc) is 3.14. The Balaban J connectivity index is 1.44. The number of carbonyl (C=O) groups is 3. The van der Waals surface area contributed by atoms with E-state index >= 15 is 0 Å². The number of nitrogens with one attached hydrogen (secondary N) is 2. The molecule has 1 heterocycles. The van der Waals surface area contributed by atoms with Gasteiger partial charge in [-0.05, 0) is 53.8 Å². The van der Waals surface area contributed by atoms with Gasteiger partial charge >= 0.3 is 0 Å². The molecule has 0 radical (unpaired) electrons. The zero-order chi connectivity index (χ0) is 21.7. The molecule has 3 rings (SSSR count). The van der Waals surface area contributed by atoms with Crippen LogP contribution in [0.25, 0.3) is 0 Å². The third-order valence-electron chi connectivity index (χ3n) is 5.19. The molecule has 3 amide bonds. The predicted octanol–water partition coefficient (Wildman–Crippen LogP) is 3.87. The molecular formula is C24H29N3O3. The number of nitrogens with zero attached hydrogens (tertiary/aromatic N) is 1. The van der Waals surface area contributed by atoms with Crippen molar-refractivity contribution in [1.82, 2.24) is 5.32 Å². The van der Waals surface area contributed by atoms with Crippen molar-refractivity contribution in [2.24, 2.45) is 0 Å². The molecule has 0 atom stereocenters. The van der Waals surface area contributed by atoms with E-state index in [4.69, 9.17) is 0 Å². The lowest BCUT2D eigenvalue weighted by Gasteiger charge is -2.19. The highest BCUT2D eigenvalue weighted by Gasteiger charge is 2.21. The number of amides is 3. The summed E-state index contributed by atoms with van der Waals surface area (Å²) in [5, 5.41) is 5.60. The molecule has 1 saturated heterocycles. The van der Waals surface area contributed by atoms with Gasteiger partial charge in [0.2, 0.25) is 11.8 Å². The normalized spacial score (nSPS) is 14.0. The summed E-state index contributed by atoms with van der Waals surface area (Å²) >= 11 is 0. The number of carbonyl (C=O) groups excluding carboxylic acids is 3. The second-order valence-electron chi connectivity index (χ2n) is 8.58. The van der Waals surface area contributed by atoms with Crippen molar-refractivity contribution in [1.29, 1.82) is 0 Å². The van der Waals surface area contributed by atoms with Crippen LogP contribution in [0.1, 0.15) is 56.0 Å². The predicted molar refractivity (Wildman–Crippen MR) is 119 cm³/mol. The molecule has 0 saturated carbocycles. The largest absolute Gasteiger partial charge is 0.352 e. The Bertz CT molecular complexity index is 912. The van der Waals surface area contributed by atoms with Crippen LogP contribution in [0.4, 0.5) is 11.4 Å². The first kappa shape index (κ1) is 21.6. The smallest absolute Gasteiger partial charge is 0.251 e. The summed E-state index contributed by atoms with van der Waals surface area (Å²) in [6, 6.07) is 14.8. The van der Waals surface area contributed by atoms with Gasteiger partial charge in [0.05, 0.1) is 0 Å². The summed E-state index contributed by atoms with van der Waals surface area (Å²) < 4.78 is 0. The second kappa shape index (κ2) is 9.11. The average molecular weight is 408 g/mol. The summed E-state index contributed by atoms with van der Waals surface area (Å²) in [5.41, 5.74) is 3.30. The maximum atomic E-state index is 12.3. The molecule has 1 fully saturated rings. The summed E-state index contributed by atoms with van der Waals surface area (Å²) in [4.78, 5) is 38.0. The van der Waals surface area contributed by atoms with Gasteiger partial charge in [0, 0.05) is 42.9 Å². The van der Waals surface area contributed by atoms with E-state index in [1.54, 1.807) is 17.0 Å². The molecule has 0 aliphatic carbocycles. The fourth-order valence-electron chi connectivity index (χ4n) is 3.38. The van der Waals surface area contributed by atoms with Crippen molar-refractivity contribution in [2.75, 3.05) is 23.3 Å². The topological polar surface area (TPSA) is 78.5 Å². The Kier molecular flexibility index (Phi) is 6.55. The fourth-order valence-corrected chi connectivity index (χ4v) is 3.38. The fraction of sp³-hybridized carbons (Fsp3) is 0.375. The van der Waals surface area contributed by atoms with Crippen LogP contribution in [-0.4, -0.2) is 30.8 Å².